The van der Waals surface area contributed by atoms with Crippen LogP contribution in [0.15, 0.2) is 4.52 Å². The Morgan fingerprint density at radius 2 is 2.20 bits per heavy atom. The summed E-state index contributed by atoms with van der Waals surface area (Å²) in [5.41, 5.74) is 0. The number of aryl methyl sites for hydroxylation is 1. The van der Waals surface area contributed by atoms with Gasteiger partial charge in [-0.3, -0.25) is 9.69 Å². The lowest BCUT2D eigenvalue weighted by atomic mass is 9.97. The maximum absolute atomic E-state index is 12.8. The number of likely N-dealkylation sites (N-methyl/N-ethyl adjacent to an activating group) is 1. The van der Waals surface area contributed by atoms with Crippen LogP contribution in [0.2, 0.25) is 0 Å². The Balaban J connectivity index is 1.95. The van der Waals surface area contributed by atoms with E-state index in [2.05, 4.69) is 15.5 Å². The van der Waals surface area contributed by atoms with Gasteiger partial charge in [0.15, 0.2) is 0 Å². The molecule has 1 aliphatic carbocycles. The van der Waals surface area contributed by atoms with Gasteiger partial charge in [-0.2, -0.15) is 4.98 Å². The van der Waals surface area contributed by atoms with Crippen molar-refractivity contribution in [2.75, 3.05) is 11.9 Å². The SMILES string of the molecule is CCc1nc(N2C(=O)C(NC)CCC3CCCC32)no1. The van der Waals surface area contributed by atoms with E-state index in [0.29, 0.717) is 24.2 Å². The Hall–Kier alpha value is -1.43. The van der Waals surface area contributed by atoms with Crippen LogP contribution in [-0.2, 0) is 11.2 Å². The predicted molar refractivity (Wildman–Crippen MR) is 74.4 cm³/mol. The van der Waals surface area contributed by atoms with Crippen molar-refractivity contribution in [1.29, 1.82) is 0 Å². The van der Waals surface area contributed by atoms with Gasteiger partial charge in [-0.05, 0) is 43.8 Å². The lowest BCUT2D eigenvalue weighted by molar-refractivity contribution is -0.120. The molecule has 2 fully saturated rings. The molecule has 6 heteroatoms. The molecule has 2 aliphatic rings. The van der Waals surface area contributed by atoms with E-state index in [1.54, 1.807) is 4.90 Å². The third-order valence-corrected chi connectivity index (χ3v) is 4.64. The van der Waals surface area contributed by atoms with Gasteiger partial charge in [-0.25, -0.2) is 0 Å². The van der Waals surface area contributed by atoms with E-state index in [9.17, 15) is 4.79 Å². The summed E-state index contributed by atoms with van der Waals surface area (Å²) in [7, 11) is 1.84. The Morgan fingerprint density at radius 3 is 2.90 bits per heavy atom. The van der Waals surface area contributed by atoms with Crippen LogP contribution in [0.25, 0.3) is 0 Å². The van der Waals surface area contributed by atoms with E-state index in [-0.39, 0.29) is 18.0 Å². The lowest BCUT2D eigenvalue weighted by Crippen LogP contribution is -2.49. The maximum Gasteiger partial charge on any atom is 0.273 e. The highest BCUT2D eigenvalue weighted by Gasteiger charge is 2.42. The summed E-state index contributed by atoms with van der Waals surface area (Å²) >= 11 is 0. The van der Waals surface area contributed by atoms with Gasteiger partial charge in [-0.15, -0.1) is 0 Å². The zero-order valence-electron chi connectivity index (χ0n) is 12.1. The number of amides is 1. The van der Waals surface area contributed by atoms with Gasteiger partial charge in [0.2, 0.25) is 11.8 Å². The van der Waals surface area contributed by atoms with E-state index >= 15 is 0 Å². The van der Waals surface area contributed by atoms with Crippen molar-refractivity contribution in [3.63, 3.8) is 0 Å². The molecular formula is C14H22N4O2. The fourth-order valence-corrected chi connectivity index (χ4v) is 3.53. The molecule has 1 N–H and O–H groups in total. The van der Waals surface area contributed by atoms with E-state index in [4.69, 9.17) is 4.52 Å². The van der Waals surface area contributed by atoms with Crippen LogP contribution in [0.1, 0.15) is 44.9 Å². The van der Waals surface area contributed by atoms with Gasteiger partial charge in [-0.1, -0.05) is 13.3 Å². The molecule has 1 aromatic rings. The number of nitrogens with zero attached hydrogens (tertiary/aromatic N) is 3. The normalized spacial score (nSPS) is 30.4. The van der Waals surface area contributed by atoms with Crippen LogP contribution >= 0.6 is 0 Å². The monoisotopic (exact) mass is 278 g/mol. The van der Waals surface area contributed by atoms with Gasteiger partial charge in [0.05, 0.1) is 6.04 Å². The molecule has 1 saturated carbocycles. The number of anilines is 1. The third kappa shape index (κ3) is 2.22. The molecule has 1 aliphatic heterocycles. The lowest BCUT2D eigenvalue weighted by Gasteiger charge is -2.28. The number of nitrogens with one attached hydrogen (secondary N) is 1. The van der Waals surface area contributed by atoms with Crippen molar-refractivity contribution < 1.29 is 9.32 Å². The van der Waals surface area contributed by atoms with Crippen LogP contribution in [0, 0.1) is 5.92 Å². The van der Waals surface area contributed by atoms with Crippen molar-refractivity contribution in [2.45, 2.75) is 57.5 Å². The number of hydrogen-bond acceptors (Lipinski definition) is 5. The molecule has 0 bridgehead atoms. The van der Waals surface area contributed by atoms with Crippen molar-refractivity contribution in [1.82, 2.24) is 15.5 Å². The minimum atomic E-state index is -0.135. The molecule has 110 valence electrons. The number of hydrogen-bond donors (Lipinski definition) is 1. The Kier molecular flexibility index (Phi) is 3.74. The molecule has 3 atom stereocenters. The van der Waals surface area contributed by atoms with Gasteiger partial charge < -0.3 is 9.84 Å². The van der Waals surface area contributed by atoms with E-state index in [0.717, 1.165) is 19.3 Å². The Bertz CT molecular complexity index is 487. The average molecular weight is 278 g/mol. The van der Waals surface area contributed by atoms with Crippen molar-refractivity contribution in [3.05, 3.63) is 5.89 Å². The second-order valence-corrected chi connectivity index (χ2v) is 5.73. The highest BCUT2D eigenvalue weighted by molar-refractivity contribution is 5.96. The van der Waals surface area contributed by atoms with Gasteiger partial charge in [0.1, 0.15) is 0 Å². The van der Waals surface area contributed by atoms with Gasteiger partial charge >= 0.3 is 0 Å². The Morgan fingerprint density at radius 1 is 1.35 bits per heavy atom. The molecule has 6 nitrogen and oxygen atoms in total. The minimum Gasteiger partial charge on any atom is -0.337 e. The molecule has 2 heterocycles. The molecule has 0 radical (unpaired) electrons. The van der Waals surface area contributed by atoms with Crippen molar-refractivity contribution >= 4 is 11.9 Å². The summed E-state index contributed by atoms with van der Waals surface area (Å²) in [6.07, 6.45) is 6.11. The highest BCUT2D eigenvalue weighted by Crippen LogP contribution is 2.38. The smallest absolute Gasteiger partial charge is 0.273 e. The number of carbonyl (C=O) groups excluding carboxylic acids is 1. The van der Waals surface area contributed by atoms with Crippen LogP contribution < -0.4 is 10.2 Å². The molecule has 0 aromatic carbocycles. The molecule has 1 aromatic heterocycles. The van der Waals surface area contributed by atoms with Crippen molar-refractivity contribution in [2.24, 2.45) is 5.92 Å². The van der Waals surface area contributed by atoms with E-state index in [1.165, 1.54) is 12.8 Å². The summed E-state index contributed by atoms with van der Waals surface area (Å²) in [5.74, 6) is 1.70. The zero-order chi connectivity index (χ0) is 14.1. The standard InChI is InChI=1S/C14H22N4O2/c1-3-12-16-14(17-20-12)18-11-6-4-5-9(11)7-8-10(15-2)13(18)19/h9-11,15H,3-8H2,1-2H3. The third-order valence-electron chi connectivity index (χ3n) is 4.64. The minimum absolute atomic E-state index is 0.0883. The molecule has 20 heavy (non-hydrogen) atoms. The zero-order valence-corrected chi connectivity index (χ0v) is 12.1. The largest absolute Gasteiger partial charge is 0.337 e. The maximum atomic E-state index is 12.8. The summed E-state index contributed by atoms with van der Waals surface area (Å²) in [6.45, 7) is 1.97. The molecule has 3 unspecified atom stereocenters. The van der Waals surface area contributed by atoms with Crippen LogP contribution in [0.4, 0.5) is 5.95 Å². The number of carbonyl (C=O) groups is 1. The van der Waals surface area contributed by atoms with Crippen LogP contribution in [0.3, 0.4) is 0 Å². The second kappa shape index (κ2) is 5.52. The Labute approximate surface area is 118 Å². The fourth-order valence-electron chi connectivity index (χ4n) is 3.53. The van der Waals surface area contributed by atoms with Crippen molar-refractivity contribution in [3.8, 4) is 0 Å². The van der Waals surface area contributed by atoms with Crippen LogP contribution in [-0.4, -0.2) is 35.2 Å². The summed E-state index contributed by atoms with van der Waals surface area (Å²) in [4.78, 5) is 18.9. The highest BCUT2D eigenvalue weighted by atomic mass is 16.5. The quantitative estimate of drug-likeness (QED) is 0.907. The molecule has 3 rings (SSSR count). The number of aromatic nitrogens is 2. The summed E-state index contributed by atoms with van der Waals surface area (Å²) in [6, 6.07) is 0.104. The van der Waals surface area contributed by atoms with Gasteiger partial charge in [0, 0.05) is 12.5 Å². The number of fused-ring (bicyclic) bond motifs is 1. The first-order valence-electron chi connectivity index (χ1n) is 7.57. The first kappa shape index (κ1) is 13.5. The molecule has 1 amide bonds. The first-order chi connectivity index (χ1) is 9.74. The summed E-state index contributed by atoms with van der Waals surface area (Å²) in [5, 5.41) is 7.15. The predicted octanol–water partition coefficient (Wildman–Crippen LogP) is 1.52. The van der Waals surface area contributed by atoms with Gasteiger partial charge in [0.25, 0.3) is 5.95 Å². The molecular weight excluding hydrogens is 256 g/mol. The van der Waals surface area contributed by atoms with E-state index < -0.39 is 0 Å². The summed E-state index contributed by atoms with van der Waals surface area (Å²) < 4.78 is 5.20. The van der Waals surface area contributed by atoms with Crippen LogP contribution in [0.5, 0.6) is 0 Å². The first-order valence-corrected chi connectivity index (χ1v) is 7.57. The molecule has 0 spiro atoms. The number of rotatable bonds is 3. The molecule has 1 saturated heterocycles. The fraction of sp³-hybridized carbons (Fsp3) is 0.786. The topological polar surface area (TPSA) is 71.3 Å². The average Bonchev–Trinajstić information content (AvgIpc) is 3.08. The second-order valence-electron chi connectivity index (χ2n) is 5.73. The van der Waals surface area contributed by atoms with E-state index in [1.807, 2.05) is 14.0 Å².